The number of benzene rings is 2. The molecule has 166 valence electrons. The van der Waals surface area contributed by atoms with Gasteiger partial charge in [0.2, 0.25) is 0 Å². The lowest BCUT2D eigenvalue weighted by Gasteiger charge is -2.21. The first-order valence-electron chi connectivity index (χ1n) is 11.0. The van der Waals surface area contributed by atoms with Gasteiger partial charge < -0.3 is 9.30 Å². The van der Waals surface area contributed by atoms with E-state index in [0.717, 1.165) is 36.0 Å². The van der Waals surface area contributed by atoms with Crippen molar-refractivity contribution in [2.75, 3.05) is 0 Å². The summed E-state index contributed by atoms with van der Waals surface area (Å²) in [5.74, 6) is -0.658. The van der Waals surface area contributed by atoms with E-state index in [4.69, 9.17) is 4.74 Å². The van der Waals surface area contributed by atoms with E-state index < -0.39 is 12.0 Å². The number of carbonyl (C=O) groups excluding carboxylic acids is 2. The summed E-state index contributed by atoms with van der Waals surface area (Å²) < 4.78 is 21.1. The van der Waals surface area contributed by atoms with E-state index in [-0.39, 0.29) is 17.7 Å². The minimum atomic E-state index is -0.563. The summed E-state index contributed by atoms with van der Waals surface area (Å²) in [6.07, 6.45) is 7.95. The summed E-state index contributed by atoms with van der Waals surface area (Å²) >= 11 is 0. The number of imidazole rings is 1. The summed E-state index contributed by atoms with van der Waals surface area (Å²) in [5.41, 5.74) is 2.69. The van der Waals surface area contributed by atoms with Gasteiger partial charge in [-0.1, -0.05) is 36.4 Å². The summed E-state index contributed by atoms with van der Waals surface area (Å²) in [6.45, 7) is 2.20. The molecule has 0 radical (unpaired) electrons. The number of ketones is 1. The number of nitrogens with zero attached hydrogens (tertiary/aromatic N) is 2. The largest absolute Gasteiger partial charge is 0.455 e. The third-order valence-electron chi connectivity index (χ3n) is 6.18. The van der Waals surface area contributed by atoms with Gasteiger partial charge in [0, 0.05) is 24.7 Å². The van der Waals surface area contributed by atoms with Gasteiger partial charge in [-0.15, -0.1) is 0 Å². The van der Waals surface area contributed by atoms with Gasteiger partial charge in [0.1, 0.15) is 17.7 Å². The Balaban J connectivity index is 1.43. The molecule has 0 aliphatic heterocycles. The van der Waals surface area contributed by atoms with Gasteiger partial charge in [-0.05, 0) is 55.0 Å². The molecule has 6 heteroatoms. The number of carbonyl (C=O) groups is 2. The number of hydrogen-bond donors (Lipinski definition) is 0. The molecule has 1 heterocycles. The van der Waals surface area contributed by atoms with Crippen LogP contribution in [0.5, 0.6) is 0 Å². The van der Waals surface area contributed by atoms with E-state index in [1.807, 2.05) is 35.8 Å². The van der Waals surface area contributed by atoms with Crippen LogP contribution in [0.4, 0.5) is 4.39 Å². The van der Waals surface area contributed by atoms with Crippen molar-refractivity contribution < 1.29 is 18.7 Å². The molecule has 32 heavy (non-hydrogen) atoms. The second kappa shape index (κ2) is 9.90. The molecule has 3 atom stereocenters. The van der Waals surface area contributed by atoms with Crippen LogP contribution in [-0.4, -0.2) is 21.3 Å². The maximum Gasteiger partial charge on any atom is 0.313 e. The molecular formula is C26H27FN2O3. The minimum absolute atomic E-state index is 0.128. The molecule has 1 aromatic heterocycles. The lowest BCUT2D eigenvalue weighted by atomic mass is 9.94. The van der Waals surface area contributed by atoms with E-state index in [1.54, 1.807) is 30.9 Å². The Morgan fingerprint density at radius 3 is 2.50 bits per heavy atom. The average Bonchev–Trinajstić information content (AvgIpc) is 3.46. The van der Waals surface area contributed by atoms with Crippen molar-refractivity contribution >= 4 is 11.8 Å². The molecular weight excluding hydrogens is 407 g/mol. The van der Waals surface area contributed by atoms with Crippen LogP contribution in [0.3, 0.4) is 0 Å². The summed E-state index contributed by atoms with van der Waals surface area (Å²) in [6, 6.07) is 13.8. The number of esters is 1. The highest BCUT2D eigenvalue weighted by molar-refractivity contribution is 5.83. The molecule has 0 spiro atoms. The summed E-state index contributed by atoms with van der Waals surface area (Å²) in [5, 5.41) is 0. The van der Waals surface area contributed by atoms with Gasteiger partial charge in [0.15, 0.2) is 0 Å². The van der Waals surface area contributed by atoms with Gasteiger partial charge in [-0.2, -0.15) is 0 Å². The number of rotatable bonds is 8. The quantitative estimate of drug-likeness (QED) is 0.467. The lowest BCUT2D eigenvalue weighted by Crippen LogP contribution is -2.20. The molecule has 4 rings (SSSR count). The van der Waals surface area contributed by atoms with Crippen LogP contribution >= 0.6 is 0 Å². The number of Topliss-reactive ketones (excluding diaryl/α,β-unsaturated/α-hetero) is 1. The van der Waals surface area contributed by atoms with E-state index in [2.05, 4.69) is 4.98 Å². The zero-order valence-corrected chi connectivity index (χ0v) is 18.1. The first-order valence-corrected chi connectivity index (χ1v) is 11.0. The first kappa shape index (κ1) is 21.9. The molecule has 0 amide bonds. The Morgan fingerprint density at radius 2 is 1.88 bits per heavy atom. The highest BCUT2D eigenvalue weighted by Gasteiger charge is 2.25. The third-order valence-corrected chi connectivity index (χ3v) is 6.18. The van der Waals surface area contributed by atoms with Crippen LogP contribution in [-0.2, 0) is 27.3 Å². The molecule has 0 saturated heterocycles. The van der Waals surface area contributed by atoms with Crippen LogP contribution in [0.1, 0.15) is 54.9 Å². The van der Waals surface area contributed by atoms with Gasteiger partial charge >= 0.3 is 5.97 Å². The third kappa shape index (κ3) is 5.31. The van der Waals surface area contributed by atoms with Crippen molar-refractivity contribution in [3.63, 3.8) is 0 Å². The maximum atomic E-state index is 13.4. The molecule has 0 N–H and O–H groups in total. The van der Waals surface area contributed by atoms with Gasteiger partial charge in [0.25, 0.3) is 0 Å². The second-order valence-corrected chi connectivity index (χ2v) is 8.46. The summed E-state index contributed by atoms with van der Waals surface area (Å²) in [4.78, 5) is 28.9. The zero-order valence-electron chi connectivity index (χ0n) is 18.1. The smallest absolute Gasteiger partial charge is 0.313 e. The topological polar surface area (TPSA) is 61.2 Å². The van der Waals surface area contributed by atoms with Crippen LogP contribution in [0.25, 0.3) is 0 Å². The molecule has 3 aromatic rings. The van der Waals surface area contributed by atoms with Gasteiger partial charge in [-0.3, -0.25) is 9.59 Å². The second-order valence-electron chi connectivity index (χ2n) is 8.46. The van der Waals surface area contributed by atoms with Crippen molar-refractivity contribution in [1.29, 1.82) is 0 Å². The van der Waals surface area contributed by atoms with E-state index in [0.29, 0.717) is 18.7 Å². The Bertz CT molecular complexity index is 1050. The number of hydrogen-bond acceptors (Lipinski definition) is 4. The average molecular weight is 435 g/mol. The molecule has 1 fully saturated rings. The monoisotopic (exact) mass is 434 g/mol. The predicted octanol–water partition coefficient (Wildman–Crippen LogP) is 5.02. The Hall–Kier alpha value is -3.28. The van der Waals surface area contributed by atoms with E-state index in [9.17, 15) is 14.0 Å². The van der Waals surface area contributed by atoms with Crippen LogP contribution in [0.2, 0.25) is 0 Å². The lowest BCUT2D eigenvalue weighted by molar-refractivity contribution is -0.151. The first-order chi connectivity index (χ1) is 15.5. The Kier molecular flexibility index (Phi) is 6.78. The van der Waals surface area contributed by atoms with Crippen molar-refractivity contribution in [2.45, 2.75) is 51.2 Å². The van der Waals surface area contributed by atoms with Crippen molar-refractivity contribution in [3.05, 3.63) is 89.8 Å². The van der Waals surface area contributed by atoms with E-state index >= 15 is 0 Å². The van der Waals surface area contributed by atoms with Crippen LogP contribution < -0.4 is 0 Å². The van der Waals surface area contributed by atoms with Crippen molar-refractivity contribution in [1.82, 2.24) is 9.55 Å². The Labute approximate surface area is 187 Å². The number of halogens is 1. The normalized spacial score (nSPS) is 17.8. The summed E-state index contributed by atoms with van der Waals surface area (Å²) in [7, 11) is 0. The zero-order chi connectivity index (χ0) is 22.5. The van der Waals surface area contributed by atoms with Gasteiger partial charge in [0.05, 0.1) is 18.8 Å². The fourth-order valence-electron chi connectivity index (χ4n) is 4.18. The minimum Gasteiger partial charge on any atom is -0.455 e. The molecule has 2 aromatic carbocycles. The fourth-order valence-corrected chi connectivity index (χ4v) is 4.18. The SMILES string of the molecule is C[C@H](C(=O)OC(Cn1ccnc1)c1ccc(F)cc1)c1ccc(CC2CCCC2=O)cc1. The number of aromatic nitrogens is 2. The molecule has 1 saturated carbocycles. The predicted molar refractivity (Wildman–Crippen MR) is 118 cm³/mol. The molecule has 2 unspecified atom stereocenters. The van der Waals surface area contributed by atoms with Crippen LogP contribution in [0, 0.1) is 11.7 Å². The molecule has 0 bridgehead atoms. The highest BCUT2D eigenvalue weighted by atomic mass is 19.1. The maximum absolute atomic E-state index is 13.4. The van der Waals surface area contributed by atoms with Crippen LogP contribution in [0.15, 0.2) is 67.3 Å². The standard InChI is InChI=1S/C26H27FN2O3/c1-18(20-7-5-19(6-8-20)15-22-3-2-4-24(22)30)26(31)32-25(16-29-14-13-28-17-29)21-9-11-23(27)12-10-21/h5-14,17-18,22,25H,2-4,15-16H2,1H3/t18-,22?,25?/m0/s1. The highest BCUT2D eigenvalue weighted by Crippen LogP contribution is 2.28. The van der Waals surface area contributed by atoms with Gasteiger partial charge in [-0.25, -0.2) is 9.37 Å². The molecule has 1 aliphatic carbocycles. The van der Waals surface area contributed by atoms with E-state index in [1.165, 1.54) is 12.1 Å². The molecule has 5 nitrogen and oxygen atoms in total. The Morgan fingerprint density at radius 1 is 1.16 bits per heavy atom. The molecule has 1 aliphatic rings. The van der Waals surface area contributed by atoms with Crippen molar-refractivity contribution in [2.24, 2.45) is 5.92 Å². The van der Waals surface area contributed by atoms with Crippen molar-refractivity contribution in [3.8, 4) is 0 Å². The fraction of sp³-hybridized carbons (Fsp3) is 0.346. The number of ether oxygens (including phenoxy) is 1.